The van der Waals surface area contributed by atoms with Crippen LogP contribution in [-0.2, 0) is 9.59 Å². The summed E-state index contributed by atoms with van der Waals surface area (Å²) < 4.78 is 0. The van der Waals surface area contributed by atoms with Crippen molar-refractivity contribution in [1.29, 1.82) is 0 Å². The normalized spacial score (nSPS) is 22.1. The monoisotopic (exact) mass is 360 g/mol. The van der Waals surface area contributed by atoms with E-state index in [-0.39, 0.29) is 29.2 Å². The number of hydrogen-bond acceptors (Lipinski definition) is 4. The number of carbonyl (C=O) groups is 2. The fourth-order valence-electron chi connectivity index (χ4n) is 3.99. The highest BCUT2D eigenvalue weighted by Crippen LogP contribution is 2.28. The van der Waals surface area contributed by atoms with Gasteiger partial charge in [-0.2, -0.15) is 0 Å². The van der Waals surface area contributed by atoms with Crippen LogP contribution in [0.5, 0.6) is 0 Å². The second-order valence-corrected chi connectivity index (χ2v) is 7.86. The van der Waals surface area contributed by atoms with E-state index in [1.807, 2.05) is 9.80 Å². The predicted molar refractivity (Wildman–Crippen MR) is 97.6 cm³/mol. The molecule has 0 bridgehead atoms. The van der Waals surface area contributed by atoms with Crippen molar-refractivity contribution in [3.8, 4) is 0 Å². The molecule has 3 rings (SSSR count). The van der Waals surface area contributed by atoms with Crippen LogP contribution in [0.15, 0.2) is 17.2 Å². The minimum atomic E-state index is -0.134. The van der Waals surface area contributed by atoms with Crippen LogP contribution in [0.4, 0.5) is 0 Å². The summed E-state index contributed by atoms with van der Waals surface area (Å²) >= 11 is 0. The number of aromatic amines is 1. The lowest BCUT2D eigenvalue weighted by Crippen LogP contribution is -2.49. The molecular formula is C19H28N4O3. The van der Waals surface area contributed by atoms with Crippen molar-refractivity contribution < 1.29 is 9.59 Å². The first-order chi connectivity index (χ1) is 12.4. The molecule has 1 aromatic rings. The Morgan fingerprint density at radius 2 is 2.00 bits per heavy atom. The standard InChI is InChI=1S/C19H28N4O3/c1-13(2)10-23-11-15(3-4-18(23)25)19(26)22-7-5-14(6-8-22)16-9-17(24)21-12-20-16/h9,12-15H,3-8,10-11H2,1-2H3,(H,20,21,24)/t15-/m0/s1. The number of likely N-dealkylation sites (tertiary alicyclic amines) is 2. The number of aromatic nitrogens is 2. The molecule has 2 aliphatic rings. The molecule has 142 valence electrons. The Morgan fingerprint density at radius 3 is 2.65 bits per heavy atom. The van der Waals surface area contributed by atoms with E-state index < -0.39 is 0 Å². The van der Waals surface area contributed by atoms with Crippen molar-refractivity contribution in [2.45, 2.75) is 45.4 Å². The molecule has 1 N–H and O–H groups in total. The summed E-state index contributed by atoms with van der Waals surface area (Å²) in [6, 6.07) is 1.55. The molecule has 2 fully saturated rings. The van der Waals surface area contributed by atoms with Crippen molar-refractivity contribution in [3.63, 3.8) is 0 Å². The predicted octanol–water partition coefficient (Wildman–Crippen LogP) is 1.37. The Morgan fingerprint density at radius 1 is 1.27 bits per heavy atom. The summed E-state index contributed by atoms with van der Waals surface area (Å²) in [5.74, 6) is 0.892. The lowest BCUT2D eigenvalue weighted by atomic mass is 9.90. The molecule has 0 spiro atoms. The summed E-state index contributed by atoms with van der Waals surface area (Å²) in [5.41, 5.74) is 0.679. The van der Waals surface area contributed by atoms with E-state index in [1.54, 1.807) is 6.07 Å². The first-order valence-electron chi connectivity index (χ1n) is 9.55. The van der Waals surface area contributed by atoms with E-state index in [0.29, 0.717) is 38.4 Å². The summed E-state index contributed by atoms with van der Waals surface area (Å²) in [7, 11) is 0. The molecule has 0 unspecified atom stereocenters. The molecular weight excluding hydrogens is 332 g/mol. The van der Waals surface area contributed by atoms with Crippen LogP contribution in [-0.4, -0.2) is 57.8 Å². The Kier molecular flexibility index (Phi) is 5.74. The zero-order valence-corrected chi connectivity index (χ0v) is 15.6. The quantitative estimate of drug-likeness (QED) is 0.879. The number of carbonyl (C=O) groups excluding carboxylic acids is 2. The van der Waals surface area contributed by atoms with E-state index in [4.69, 9.17) is 0 Å². The minimum Gasteiger partial charge on any atom is -0.342 e. The van der Waals surface area contributed by atoms with Crippen LogP contribution in [0.25, 0.3) is 0 Å². The zero-order valence-electron chi connectivity index (χ0n) is 15.6. The van der Waals surface area contributed by atoms with Gasteiger partial charge in [0.2, 0.25) is 11.8 Å². The SMILES string of the molecule is CC(C)CN1C[C@@H](C(=O)N2CCC(c3cc(=O)[nH]cn3)CC2)CCC1=O. The van der Waals surface area contributed by atoms with Gasteiger partial charge in [-0.05, 0) is 25.2 Å². The lowest BCUT2D eigenvalue weighted by molar-refractivity contribution is -0.144. The maximum absolute atomic E-state index is 12.9. The number of nitrogens with zero attached hydrogens (tertiary/aromatic N) is 3. The van der Waals surface area contributed by atoms with Gasteiger partial charge in [0.05, 0.1) is 17.9 Å². The Hall–Kier alpha value is -2.18. The second kappa shape index (κ2) is 8.01. The summed E-state index contributed by atoms with van der Waals surface area (Å²) in [6.07, 6.45) is 4.21. The number of piperidine rings is 2. The smallest absolute Gasteiger partial charge is 0.250 e. The summed E-state index contributed by atoms with van der Waals surface area (Å²) in [6.45, 7) is 6.82. The van der Waals surface area contributed by atoms with Gasteiger partial charge in [0.25, 0.3) is 5.56 Å². The lowest BCUT2D eigenvalue weighted by Gasteiger charge is -2.38. The third-order valence-electron chi connectivity index (χ3n) is 5.36. The Bertz CT molecular complexity index is 707. The van der Waals surface area contributed by atoms with Crippen LogP contribution in [0.3, 0.4) is 0 Å². The largest absolute Gasteiger partial charge is 0.342 e. The van der Waals surface area contributed by atoms with Crippen LogP contribution in [0.2, 0.25) is 0 Å². The molecule has 0 saturated carbocycles. The molecule has 2 aliphatic heterocycles. The highest BCUT2D eigenvalue weighted by atomic mass is 16.2. The van der Waals surface area contributed by atoms with Crippen LogP contribution in [0, 0.1) is 11.8 Å². The highest BCUT2D eigenvalue weighted by molar-refractivity contribution is 5.84. The van der Waals surface area contributed by atoms with Crippen molar-refractivity contribution in [3.05, 3.63) is 28.4 Å². The number of nitrogens with one attached hydrogen (secondary N) is 1. The average molecular weight is 360 g/mol. The third-order valence-corrected chi connectivity index (χ3v) is 5.36. The van der Waals surface area contributed by atoms with Crippen LogP contribution in [0.1, 0.15) is 51.1 Å². The molecule has 2 saturated heterocycles. The van der Waals surface area contributed by atoms with Crippen LogP contribution >= 0.6 is 0 Å². The molecule has 3 heterocycles. The summed E-state index contributed by atoms with van der Waals surface area (Å²) in [5, 5.41) is 0. The third kappa shape index (κ3) is 4.31. The molecule has 0 aromatic carbocycles. The number of rotatable bonds is 4. The van der Waals surface area contributed by atoms with E-state index in [9.17, 15) is 14.4 Å². The van der Waals surface area contributed by atoms with Gasteiger partial charge < -0.3 is 14.8 Å². The maximum atomic E-state index is 12.9. The van der Waals surface area contributed by atoms with Gasteiger partial charge in [0.1, 0.15) is 0 Å². The van der Waals surface area contributed by atoms with Crippen molar-refractivity contribution in [2.24, 2.45) is 11.8 Å². The number of amides is 2. The van der Waals surface area contributed by atoms with Crippen molar-refractivity contribution in [1.82, 2.24) is 19.8 Å². The molecule has 0 radical (unpaired) electrons. The van der Waals surface area contributed by atoms with Gasteiger partial charge >= 0.3 is 0 Å². The van der Waals surface area contributed by atoms with Gasteiger partial charge in [-0.15, -0.1) is 0 Å². The fraction of sp³-hybridized carbons (Fsp3) is 0.684. The van der Waals surface area contributed by atoms with Gasteiger partial charge in [-0.25, -0.2) is 4.98 Å². The summed E-state index contributed by atoms with van der Waals surface area (Å²) in [4.78, 5) is 47.0. The van der Waals surface area contributed by atoms with Gasteiger partial charge in [-0.3, -0.25) is 14.4 Å². The molecule has 1 atom stereocenters. The highest BCUT2D eigenvalue weighted by Gasteiger charge is 2.34. The average Bonchev–Trinajstić information content (AvgIpc) is 2.63. The Balaban J connectivity index is 1.56. The van der Waals surface area contributed by atoms with Gasteiger partial charge in [-0.1, -0.05) is 13.8 Å². The van der Waals surface area contributed by atoms with E-state index in [0.717, 1.165) is 25.1 Å². The molecule has 2 amide bonds. The first kappa shape index (κ1) is 18.6. The van der Waals surface area contributed by atoms with Crippen molar-refractivity contribution in [2.75, 3.05) is 26.2 Å². The maximum Gasteiger partial charge on any atom is 0.250 e. The second-order valence-electron chi connectivity index (χ2n) is 7.86. The molecule has 26 heavy (non-hydrogen) atoms. The number of H-pyrrole nitrogens is 1. The van der Waals surface area contributed by atoms with E-state index in [2.05, 4.69) is 23.8 Å². The topological polar surface area (TPSA) is 86.4 Å². The van der Waals surface area contributed by atoms with Crippen LogP contribution < -0.4 is 5.56 Å². The van der Waals surface area contributed by atoms with Gasteiger partial charge in [0.15, 0.2) is 0 Å². The molecule has 1 aromatic heterocycles. The molecule has 0 aliphatic carbocycles. The zero-order chi connectivity index (χ0) is 18.7. The number of hydrogen-bond donors (Lipinski definition) is 1. The minimum absolute atomic E-state index is 0.0827. The molecule has 7 nitrogen and oxygen atoms in total. The van der Waals surface area contributed by atoms with Crippen molar-refractivity contribution >= 4 is 11.8 Å². The fourth-order valence-corrected chi connectivity index (χ4v) is 3.99. The van der Waals surface area contributed by atoms with E-state index >= 15 is 0 Å². The van der Waals surface area contributed by atoms with Gasteiger partial charge in [0, 0.05) is 44.6 Å². The molecule has 7 heteroatoms. The first-order valence-corrected chi connectivity index (χ1v) is 9.55. The van der Waals surface area contributed by atoms with E-state index in [1.165, 1.54) is 6.33 Å². The Labute approximate surface area is 153 Å².